The molecule has 3 atom stereocenters. The molecule has 4 nitrogen and oxygen atoms in total. The summed E-state index contributed by atoms with van der Waals surface area (Å²) in [6.45, 7) is 7.44. The molecule has 0 aromatic carbocycles. The van der Waals surface area contributed by atoms with Crippen LogP contribution in [0.15, 0.2) is 0 Å². The average molecular weight is 229 g/mol. The summed E-state index contributed by atoms with van der Waals surface area (Å²) in [5.74, 6) is -0.210. The first-order chi connectivity index (χ1) is 7.58. The summed E-state index contributed by atoms with van der Waals surface area (Å²) < 4.78 is 10.3. The number of carbonyl (C=O) groups excluding carboxylic acids is 1. The summed E-state index contributed by atoms with van der Waals surface area (Å²) in [6.07, 6.45) is 2.35. The van der Waals surface area contributed by atoms with Crippen molar-refractivity contribution in [1.82, 2.24) is 5.32 Å². The third-order valence-electron chi connectivity index (χ3n) is 3.83. The number of hydrogen-bond acceptors (Lipinski definition) is 4. The minimum absolute atomic E-state index is 0.143. The molecular weight excluding hydrogens is 206 g/mol. The smallest absolute Gasteiger partial charge is 0.319 e. The standard InChI is InChI=1S/C12H23NO3/c1-5-12(3)9(7-10(12)16-6-2)13-8-11(14)15-4/h9-10,13H,5-8H2,1-4H3. The molecule has 16 heavy (non-hydrogen) atoms. The van der Waals surface area contributed by atoms with E-state index in [-0.39, 0.29) is 17.9 Å². The summed E-state index contributed by atoms with van der Waals surface area (Å²) in [5, 5.41) is 3.25. The topological polar surface area (TPSA) is 47.6 Å². The van der Waals surface area contributed by atoms with Gasteiger partial charge in [-0.1, -0.05) is 13.8 Å². The van der Waals surface area contributed by atoms with E-state index in [2.05, 4.69) is 23.9 Å². The second-order valence-corrected chi connectivity index (χ2v) is 4.55. The van der Waals surface area contributed by atoms with Crippen LogP contribution in [0.1, 0.15) is 33.6 Å². The molecule has 1 aliphatic rings. The third-order valence-corrected chi connectivity index (χ3v) is 3.83. The molecule has 0 aromatic rings. The summed E-state index contributed by atoms with van der Waals surface area (Å²) in [6, 6.07) is 0.355. The fourth-order valence-corrected chi connectivity index (χ4v) is 2.35. The molecule has 1 rings (SSSR count). The molecule has 1 fully saturated rings. The first-order valence-corrected chi connectivity index (χ1v) is 6.00. The van der Waals surface area contributed by atoms with E-state index >= 15 is 0 Å². The highest BCUT2D eigenvalue weighted by atomic mass is 16.5. The number of carbonyl (C=O) groups is 1. The van der Waals surface area contributed by atoms with Gasteiger partial charge in [0.15, 0.2) is 0 Å². The highest BCUT2D eigenvalue weighted by molar-refractivity contribution is 5.71. The lowest BCUT2D eigenvalue weighted by atomic mass is 9.61. The van der Waals surface area contributed by atoms with Gasteiger partial charge in [-0.2, -0.15) is 0 Å². The van der Waals surface area contributed by atoms with Crippen LogP contribution >= 0.6 is 0 Å². The number of hydrogen-bond donors (Lipinski definition) is 1. The Labute approximate surface area is 97.7 Å². The fraction of sp³-hybridized carbons (Fsp3) is 0.917. The number of esters is 1. The Morgan fingerprint density at radius 1 is 1.50 bits per heavy atom. The summed E-state index contributed by atoms with van der Waals surface area (Å²) >= 11 is 0. The maximum absolute atomic E-state index is 11.0. The summed E-state index contributed by atoms with van der Waals surface area (Å²) in [7, 11) is 1.41. The minimum atomic E-state index is -0.210. The molecule has 0 saturated heterocycles. The molecular formula is C12H23NO3. The van der Waals surface area contributed by atoms with Crippen LogP contribution in [0.5, 0.6) is 0 Å². The van der Waals surface area contributed by atoms with Gasteiger partial charge in [0.2, 0.25) is 0 Å². The van der Waals surface area contributed by atoms with E-state index in [1.807, 2.05) is 6.92 Å². The zero-order valence-corrected chi connectivity index (χ0v) is 10.7. The Morgan fingerprint density at radius 3 is 2.69 bits per heavy atom. The molecule has 0 aliphatic heterocycles. The Balaban J connectivity index is 2.42. The van der Waals surface area contributed by atoms with Gasteiger partial charge in [0.1, 0.15) is 0 Å². The van der Waals surface area contributed by atoms with Crippen LogP contribution in [-0.4, -0.2) is 38.4 Å². The van der Waals surface area contributed by atoms with E-state index in [4.69, 9.17) is 4.74 Å². The zero-order valence-electron chi connectivity index (χ0n) is 10.7. The normalized spacial score (nSPS) is 33.2. The van der Waals surface area contributed by atoms with Gasteiger partial charge >= 0.3 is 5.97 Å². The molecule has 0 bridgehead atoms. The largest absolute Gasteiger partial charge is 0.468 e. The third kappa shape index (κ3) is 2.55. The molecule has 0 heterocycles. The molecule has 0 amide bonds. The van der Waals surface area contributed by atoms with E-state index in [1.165, 1.54) is 7.11 Å². The number of methoxy groups -OCH3 is 1. The zero-order chi connectivity index (χ0) is 12.2. The minimum Gasteiger partial charge on any atom is -0.468 e. The van der Waals surface area contributed by atoms with Gasteiger partial charge in [-0.25, -0.2) is 0 Å². The van der Waals surface area contributed by atoms with Crippen LogP contribution in [0.4, 0.5) is 0 Å². The summed E-state index contributed by atoms with van der Waals surface area (Å²) in [5.41, 5.74) is 0.143. The summed E-state index contributed by atoms with van der Waals surface area (Å²) in [4.78, 5) is 11.0. The van der Waals surface area contributed by atoms with Crippen LogP contribution in [0, 0.1) is 5.41 Å². The Hall–Kier alpha value is -0.610. The van der Waals surface area contributed by atoms with E-state index in [0.29, 0.717) is 12.1 Å². The van der Waals surface area contributed by atoms with Gasteiger partial charge in [-0.3, -0.25) is 4.79 Å². The monoisotopic (exact) mass is 229 g/mol. The van der Waals surface area contributed by atoms with Gasteiger partial charge in [0.05, 0.1) is 19.8 Å². The van der Waals surface area contributed by atoms with Crippen molar-refractivity contribution < 1.29 is 14.3 Å². The first kappa shape index (κ1) is 13.5. The fourth-order valence-electron chi connectivity index (χ4n) is 2.35. The van der Waals surface area contributed by atoms with Crippen LogP contribution in [-0.2, 0) is 14.3 Å². The molecule has 0 radical (unpaired) electrons. The van der Waals surface area contributed by atoms with E-state index in [0.717, 1.165) is 19.4 Å². The lowest BCUT2D eigenvalue weighted by Crippen LogP contribution is -2.62. The van der Waals surface area contributed by atoms with Crippen molar-refractivity contribution in [3.63, 3.8) is 0 Å². The predicted molar refractivity (Wildman–Crippen MR) is 62.2 cm³/mol. The molecule has 1 aliphatic carbocycles. The molecule has 4 heteroatoms. The van der Waals surface area contributed by atoms with Crippen LogP contribution in [0.25, 0.3) is 0 Å². The van der Waals surface area contributed by atoms with Crippen LogP contribution in [0.2, 0.25) is 0 Å². The quantitative estimate of drug-likeness (QED) is 0.698. The van der Waals surface area contributed by atoms with Crippen molar-refractivity contribution in [2.24, 2.45) is 5.41 Å². The van der Waals surface area contributed by atoms with Crippen molar-refractivity contribution in [3.8, 4) is 0 Å². The second-order valence-electron chi connectivity index (χ2n) is 4.55. The lowest BCUT2D eigenvalue weighted by molar-refractivity contribution is -0.144. The Morgan fingerprint density at radius 2 is 2.19 bits per heavy atom. The Kier molecular flexibility index (Phi) is 4.74. The molecule has 0 spiro atoms. The molecule has 3 unspecified atom stereocenters. The predicted octanol–water partition coefficient (Wildman–Crippen LogP) is 1.34. The van der Waals surface area contributed by atoms with E-state index < -0.39 is 0 Å². The molecule has 1 saturated carbocycles. The van der Waals surface area contributed by atoms with Gasteiger partial charge in [0.25, 0.3) is 0 Å². The van der Waals surface area contributed by atoms with Gasteiger partial charge < -0.3 is 14.8 Å². The van der Waals surface area contributed by atoms with Crippen molar-refractivity contribution >= 4 is 5.97 Å². The lowest BCUT2D eigenvalue weighted by Gasteiger charge is -2.53. The molecule has 1 N–H and O–H groups in total. The van der Waals surface area contributed by atoms with E-state index in [9.17, 15) is 4.79 Å². The van der Waals surface area contributed by atoms with Crippen LogP contribution in [0.3, 0.4) is 0 Å². The first-order valence-electron chi connectivity index (χ1n) is 6.00. The number of ether oxygens (including phenoxy) is 2. The molecule has 0 aromatic heterocycles. The van der Waals surface area contributed by atoms with Crippen molar-refractivity contribution in [1.29, 1.82) is 0 Å². The highest BCUT2D eigenvalue weighted by Gasteiger charge is 2.50. The Bertz CT molecular complexity index is 244. The van der Waals surface area contributed by atoms with E-state index in [1.54, 1.807) is 0 Å². The van der Waals surface area contributed by atoms with Gasteiger partial charge in [-0.15, -0.1) is 0 Å². The SMILES string of the molecule is CCOC1CC(NCC(=O)OC)C1(C)CC. The average Bonchev–Trinajstić information content (AvgIpc) is 2.31. The molecule has 94 valence electrons. The second kappa shape index (κ2) is 5.64. The number of nitrogens with one attached hydrogen (secondary N) is 1. The number of rotatable bonds is 6. The van der Waals surface area contributed by atoms with Crippen molar-refractivity contribution in [2.45, 2.75) is 45.8 Å². The van der Waals surface area contributed by atoms with Crippen LogP contribution < -0.4 is 5.32 Å². The van der Waals surface area contributed by atoms with Gasteiger partial charge in [-0.05, 0) is 19.8 Å². The maximum Gasteiger partial charge on any atom is 0.319 e. The highest BCUT2D eigenvalue weighted by Crippen LogP contribution is 2.45. The maximum atomic E-state index is 11.0. The van der Waals surface area contributed by atoms with Crippen molar-refractivity contribution in [3.05, 3.63) is 0 Å². The van der Waals surface area contributed by atoms with Gasteiger partial charge in [0, 0.05) is 18.1 Å². The van der Waals surface area contributed by atoms with Crippen molar-refractivity contribution in [2.75, 3.05) is 20.3 Å².